The molecule has 0 fully saturated rings. The quantitative estimate of drug-likeness (QED) is 0.200. The van der Waals surface area contributed by atoms with E-state index in [0.29, 0.717) is 11.1 Å². The fraction of sp³-hybridized carbons (Fsp3) is 0.100. The second-order valence-corrected chi connectivity index (χ2v) is 9.88. The lowest BCUT2D eigenvalue weighted by Gasteiger charge is -2.13. The molecule has 1 aromatic heterocycles. The molecule has 5 aromatic rings. The Morgan fingerprint density at radius 3 is 2.38 bits per heavy atom. The van der Waals surface area contributed by atoms with E-state index in [9.17, 15) is 27.9 Å². The Kier molecular flexibility index (Phi) is 7.85. The van der Waals surface area contributed by atoms with E-state index >= 15 is 0 Å². The Labute approximate surface area is 246 Å². The second kappa shape index (κ2) is 11.4. The number of aromatic nitrogens is 2. The largest absolute Gasteiger partial charge is 0.497 e. The topological polar surface area (TPSA) is 90.7 Å². The summed E-state index contributed by atoms with van der Waals surface area (Å²) in [6.07, 6.45) is -4.86. The van der Waals surface area contributed by atoms with Gasteiger partial charge in [0.1, 0.15) is 23.8 Å². The molecule has 0 radical (unpaired) electrons. The SMILES string of the molecule is COc1ccc(COc2cc(C(=O)O)ccc2-c2nn(C(=O)c3c(Cl)cccc3C(F)(F)F)c3ccc(Cl)cc23)cc1. The summed E-state index contributed by atoms with van der Waals surface area (Å²) >= 11 is 12.4. The molecule has 1 heterocycles. The van der Waals surface area contributed by atoms with Gasteiger partial charge >= 0.3 is 12.1 Å². The van der Waals surface area contributed by atoms with Crippen molar-refractivity contribution in [1.82, 2.24) is 9.78 Å². The summed E-state index contributed by atoms with van der Waals surface area (Å²) in [6.45, 7) is 0.0347. The molecule has 0 atom stereocenters. The maximum atomic E-state index is 13.8. The summed E-state index contributed by atoms with van der Waals surface area (Å²) in [6, 6.07) is 18.5. The molecule has 1 N–H and O–H groups in total. The number of carboxylic acids is 1. The van der Waals surface area contributed by atoms with E-state index in [1.165, 1.54) is 49.6 Å². The minimum Gasteiger partial charge on any atom is -0.497 e. The number of carboxylic acid groups (broad SMARTS) is 1. The van der Waals surface area contributed by atoms with E-state index in [2.05, 4.69) is 5.10 Å². The number of benzene rings is 4. The summed E-state index contributed by atoms with van der Waals surface area (Å²) in [4.78, 5) is 25.4. The number of alkyl halides is 3. The number of hydrogen-bond donors (Lipinski definition) is 1. The van der Waals surface area contributed by atoms with Crippen molar-refractivity contribution < 1.29 is 37.3 Å². The van der Waals surface area contributed by atoms with Crippen molar-refractivity contribution in [3.05, 3.63) is 111 Å². The molecule has 0 aliphatic rings. The van der Waals surface area contributed by atoms with Crippen LogP contribution in [0.5, 0.6) is 11.5 Å². The van der Waals surface area contributed by atoms with Crippen molar-refractivity contribution in [2.45, 2.75) is 12.8 Å². The van der Waals surface area contributed by atoms with Crippen LogP contribution in [0.1, 0.15) is 31.8 Å². The first kappa shape index (κ1) is 29.0. The fourth-order valence-electron chi connectivity index (χ4n) is 4.38. The van der Waals surface area contributed by atoms with Gasteiger partial charge in [-0.15, -0.1) is 0 Å². The highest BCUT2D eigenvalue weighted by Gasteiger charge is 2.37. The molecule has 0 aliphatic heterocycles. The van der Waals surface area contributed by atoms with Crippen LogP contribution in [-0.4, -0.2) is 33.9 Å². The Hall–Kier alpha value is -4.54. The molecule has 7 nitrogen and oxygen atoms in total. The number of methoxy groups -OCH3 is 1. The van der Waals surface area contributed by atoms with Crippen molar-refractivity contribution in [3.8, 4) is 22.8 Å². The van der Waals surface area contributed by atoms with Gasteiger partial charge in [-0.1, -0.05) is 41.4 Å². The molecule has 0 amide bonds. The van der Waals surface area contributed by atoms with Crippen LogP contribution >= 0.6 is 23.2 Å². The number of aromatic carboxylic acids is 1. The number of rotatable bonds is 7. The number of carbonyl (C=O) groups excluding carboxylic acids is 1. The van der Waals surface area contributed by atoms with Gasteiger partial charge in [-0.2, -0.15) is 23.0 Å². The van der Waals surface area contributed by atoms with Crippen molar-refractivity contribution in [2.75, 3.05) is 7.11 Å². The smallest absolute Gasteiger partial charge is 0.417 e. The van der Waals surface area contributed by atoms with E-state index in [0.717, 1.165) is 22.4 Å². The molecule has 12 heteroatoms. The van der Waals surface area contributed by atoms with Gasteiger partial charge in [0.2, 0.25) is 0 Å². The van der Waals surface area contributed by atoms with Crippen LogP contribution in [0.2, 0.25) is 10.0 Å². The third-order valence-electron chi connectivity index (χ3n) is 6.40. The van der Waals surface area contributed by atoms with Crippen LogP contribution in [0.3, 0.4) is 0 Å². The van der Waals surface area contributed by atoms with Crippen LogP contribution in [0.15, 0.2) is 78.9 Å². The summed E-state index contributed by atoms with van der Waals surface area (Å²) in [5.41, 5.74) is -0.758. The summed E-state index contributed by atoms with van der Waals surface area (Å²) < 4.78 is 53.5. The fourth-order valence-corrected chi connectivity index (χ4v) is 4.81. The van der Waals surface area contributed by atoms with Gasteiger partial charge in [0.15, 0.2) is 0 Å². The number of ether oxygens (including phenoxy) is 2. The summed E-state index contributed by atoms with van der Waals surface area (Å²) in [7, 11) is 1.53. The van der Waals surface area contributed by atoms with E-state index < -0.39 is 34.2 Å². The zero-order valence-electron chi connectivity index (χ0n) is 21.6. The van der Waals surface area contributed by atoms with E-state index in [4.69, 9.17) is 32.7 Å². The standard InChI is InChI=1S/C30H19Cl2F3N2O5/c1-41-19-9-5-16(6-10-19)15-42-25-13-17(29(39)40)7-11-20(25)27-21-14-18(31)8-12-24(21)37(36-27)28(38)26-22(30(33,34)35)3-2-4-23(26)32/h2-14H,15H2,1H3,(H,39,40). The zero-order valence-corrected chi connectivity index (χ0v) is 23.1. The van der Waals surface area contributed by atoms with Crippen LogP contribution < -0.4 is 9.47 Å². The normalized spacial score (nSPS) is 11.5. The van der Waals surface area contributed by atoms with E-state index in [1.807, 2.05) is 0 Å². The van der Waals surface area contributed by atoms with Gasteiger partial charge < -0.3 is 14.6 Å². The van der Waals surface area contributed by atoms with Crippen LogP contribution in [0.25, 0.3) is 22.2 Å². The Bertz CT molecular complexity index is 1840. The van der Waals surface area contributed by atoms with E-state index in [1.54, 1.807) is 24.3 Å². The molecule has 0 unspecified atom stereocenters. The van der Waals surface area contributed by atoms with Gasteiger partial charge in [0.05, 0.1) is 34.3 Å². The Balaban J connectivity index is 1.66. The molecule has 0 saturated carbocycles. The van der Waals surface area contributed by atoms with Gasteiger partial charge in [0, 0.05) is 16.0 Å². The first-order valence-electron chi connectivity index (χ1n) is 12.2. The lowest BCUT2D eigenvalue weighted by atomic mass is 10.0. The first-order chi connectivity index (χ1) is 20.0. The Morgan fingerprint density at radius 2 is 1.71 bits per heavy atom. The van der Waals surface area contributed by atoms with Crippen molar-refractivity contribution in [1.29, 1.82) is 0 Å². The average molecular weight is 615 g/mol. The van der Waals surface area contributed by atoms with Gasteiger partial charge in [-0.25, -0.2) is 4.79 Å². The van der Waals surface area contributed by atoms with Crippen molar-refractivity contribution >= 4 is 46.0 Å². The summed E-state index contributed by atoms with van der Waals surface area (Å²) in [5, 5.41) is 14.2. The van der Waals surface area contributed by atoms with Gasteiger partial charge in [0.25, 0.3) is 5.91 Å². The van der Waals surface area contributed by atoms with Crippen molar-refractivity contribution in [3.63, 3.8) is 0 Å². The molecule has 4 aromatic carbocycles. The molecule has 5 rings (SSSR count). The van der Waals surface area contributed by atoms with Crippen molar-refractivity contribution in [2.24, 2.45) is 0 Å². The highest BCUT2D eigenvalue weighted by molar-refractivity contribution is 6.34. The molecule has 214 valence electrons. The lowest BCUT2D eigenvalue weighted by molar-refractivity contribution is -0.137. The average Bonchev–Trinajstić information content (AvgIpc) is 3.33. The number of nitrogens with zero attached hydrogens (tertiary/aromatic N) is 2. The zero-order chi connectivity index (χ0) is 30.2. The third-order valence-corrected chi connectivity index (χ3v) is 6.95. The molecule has 42 heavy (non-hydrogen) atoms. The molecule has 0 bridgehead atoms. The maximum absolute atomic E-state index is 13.8. The predicted octanol–water partition coefficient (Wildman–Crippen LogP) is 8.00. The molecular formula is C30H19Cl2F3N2O5. The van der Waals surface area contributed by atoms with Crippen LogP contribution in [0, 0.1) is 0 Å². The van der Waals surface area contributed by atoms with E-state index in [-0.39, 0.29) is 39.7 Å². The van der Waals surface area contributed by atoms with Crippen LogP contribution in [0.4, 0.5) is 13.2 Å². The highest BCUT2D eigenvalue weighted by atomic mass is 35.5. The third kappa shape index (κ3) is 5.63. The minimum atomic E-state index is -4.86. The van der Waals surface area contributed by atoms with Gasteiger partial charge in [-0.3, -0.25) is 4.79 Å². The number of fused-ring (bicyclic) bond motifs is 1. The lowest BCUT2D eigenvalue weighted by Crippen LogP contribution is -2.20. The number of hydrogen-bond acceptors (Lipinski definition) is 5. The first-order valence-corrected chi connectivity index (χ1v) is 13.0. The molecule has 0 saturated heterocycles. The molecular weight excluding hydrogens is 596 g/mol. The Morgan fingerprint density at radius 1 is 0.976 bits per heavy atom. The monoisotopic (exact) mass is 614 g/mol. The van der Waals surface area contributed by atoms with Crippen LogP contribution in [-0.2, 0) is 12.8 Å². The predicted molar refractivity (Wildman–Crippen MR) is 151 cm³/mol. The minimum absolute atomic E-state index is 0.0347. The number of carbonyl (C=O) groups is 2. The molecule has 0 spiro atoms. The summed E-state index contributed by atoms with van der Waals surface area (Å²) in [5.74, 6) is -1.58. The highest BCUT2D eigenvalue weighted by Crippen LogP contribution is 2.39. The maximum Gasteiger partial charge on any atom is 0.417 e. The number of halogens is 5. The van der Waals surface area contributed by atoms with Gasteiger partial charge in [-0.05, 0) is 66.2 Å². The molecule has 0 aliphatic carbocycles. The second-order valence-electron chi connectivity index (χ2n) is 9.04.